The fourth-order valence-electron chi connectivity index (χ4n) is 5.41. The van der Waals surface area contributed by atoms with Crippen LogP contribution in [0.15, 0.2) is 18.3 Å². The Kier molecular flexibility index (Phi) is 7.37. The lowest BCUT2D eigenvalue weighted by molar-refractivity contribution is -0.0557. The molecule has 0 saturated carbocycles. The molecule has 2 aromatic heterocycles. The van der Waals surface area contributed by atoms with E-state index in [9.17, 15) is 18.6 Å². The molecule has 0 spiro atoms. The summed E-state index contributed by atoms with van der Waals surface area (Å²) in [6.07, 6.45) is -0.539. The minimum absolute atomic E-state index is 0.122. The van der Waals surface area contributed by atoms with Gasteiger partial charge in [0.05, 0.1) is 46.4 Å². The first-order valence-electron chi connectivity index (χ1n) is 13.2. The summed E-state index contributed by atoms with van der Waals surface area (Å²) in [7, 11) is -3.64. The molecular formula is C26H34ClFN6O5S. The summed E-state index contributed by atoms with van der Waals surface area (Å²) in [6.45, 7) is 10.4. The van der Waals surface area contributed by atoms with E-state index in [4.69, 9.17) is 16.3 Å². The van der Waals surface area contributed by atoms with Gasteiger partial charge >= 0.3 is 0 Å². The van der Waals surface area contributed by atoms with Gasteiger partial charge in [0.15, 0.2) is 12.0 Å². The molecule has 40 heavy (non-hydrogen) atoms. The zero-order chi connectivity index (χ0) is 29.3. The second-order valence-electron chi connectivity index (χ2n) is 11.5. The first-order chi connectivity index (χ1) is 18.6. The summed E-state index contributed by atoms with van der Waals surface area (Å²) in [5, 5.41) is 24.3. The number of aromatic nitrogens is 4. The predicted molar refractivity (Wildman–Crippen MR) is 149 cm³/mol. The quantitative estimate of drug-likeness (QED) is 0.374. The Bertz CT molecular complexity index is 1560. The number of nitrogens with one attached hydrogen (secondary N) is 1. The molecule has 2 aliphatic heterocycles. The number of ether oxygens (including phenoxy) is 1. The third kappa shape index (κ3) is 4.86. The van der Waals surface area contributed by atoms with Crippen LogP contribution in [0.2, 0.25) is 5.02 Å². The lowest BCUT2D eigenvalue weighted by atomic mass is 9.98. The van der Waals surface area contributed by atoms with Crippen LogP contribution in [0.5, 0.6) is 0 Å². The first-order valence-corrected chi connectivity index (χ1v) is 15.0. The van der Waals surface area contributed by atoms with Crippen LogP contribution in [0.1, 0.15) is 59.8 Å². The van der Waals surface area contributed by atoms with Gasteiger partial charge in [-0.05, 0) is 60.1 Å². The number of halogens is 2. The molecule has 1 aromatic carbocycles. The number of piperidine rings is 1. The van der Waals surface area contributed by atoms with Crippen molar-refractivity contribution in [1.82, 2.24) is 23.8 Å². The van der Waals surface area contributed by atoms with Crippen LogP contribution < -0.4 is 5.32 Å². The molecule has 3 aromatic rings. The zero-order valence-corrected chi connectivity index (χ0v) is 24.7. The summed E-state index contributed by atoms with van der Waals surface area (Å²) in [5.74, 6) is -0.121. The number of imidazole rings is 1. The van der Waals surface area contributed by atoms with Gasteiger partial charge in [0.1, 0.15) is 23.0 Å². The molecular weight excluding hydrogens is 563 g/mol. The Morgan fingerprint density at radius 1 is 1.23 bits per heavy atom. The highest BCUT2D eigenvalue weighted by molar-refractivity contribution is 7.89. The van der Waals surface area contributed by atoms with Crippen molar-refractivity contribution in [3.8, 4) is 11.3 Å². The van der Waals surface area contributed by atoms with Crippen molar-refractivity contribution in [3.05, 3.63) is 35.0 Å². The second-order valence-corrected chi connectivity index (χ2v) is 14.3. The molecule has 0 aliphatic carbocycles. The van der Waals surface area contributed by atoms with Gasteiger partial charge in [-0.1, -0.05) is 11.6 Å². The van der Waals surface area contributed by atoms with Crippen molar-refractivity contribution in [3.63, 3.8) is 0 Å². The molecule has 2 bridgehead atoms. The van der Waals surface area contributed by atoms with Crippen LogP contribution in [0.4, 0.5) is 10.3 Å². The number of nitrogens with zero attached hydrogens (tertiary/aromatic N) is 5. The number of fused-ring (bicyclic) bond motifs is 3. The smallest absolute Gasteiger partial charge is 0.223 e. The van der Waals surface area contributed by atoms with Crippen molar-refractivity contribution in [2.24, 2.45) is 0 Å². The Labute approximate surface area is 237 Å². The summed E-state index contributed by atoms with van der Waals surface area (Å²) in [6, 6.07) is 1.84. The van der Waals surface area contributed by atoms with Gasteiger partial charge < -0.3 is 24.8 Å². The van der Waals surface area contributed by atoms with Gasteiger partial charge in [-0.2, -0.15) is 4.31 Å². The Hall–Kier alpha value is -2.42. The van der Waals surface area contributed by atoms with Crippen LogP contribution in [0.25, 0.3) is 22.3 Å². The summed E-state index contributed by atoms with van der Waals surface area (Å²) >= 11 is 6.46. The van der Waals surface area contributed by atoms with Crippen molar-refractivity contribution >= 4 is 38.6 Å². The number of sulfonamides is 1. The molecule has 2 aliphatic rings. The molecule has 3 N–H and O–H groups in total. The van der Waals surface area contributed by atoms with Crippen molar-refractivity contribution in [2.75, 3.05) is 11.9 Å². The van der Waals surface area contributed by atoms with Crippen molar-refractivity contribution in [2.45, 2.75) is 89.3 Å². The lowest BCUT2D eigenvalue weighted by Gasteiger charge is -2.40. The van der Waals surface area contributed by atoms with Crippen LogP contribution in [-0.2, 0) is 20.4 Å². The van der Waals surface area contributed by atoms with Crippen LogP contribution >= 0.6 is 11.6 Å². The monoisotopic (exact) mass is 596 g/mol. The molecule has 5 rings (SSSR count). The minimum Gasteiger partial charge on any atom is -0.387 e. The molecule has 2 fully saturated rings. The van der Waals surface area contributed by atoms with Gasteiger partial charge in [-0.25, -0.2) is 27.8 Å². The molecule has 2 saturated heterocycles. The molecule has 0 radical (unpaired) electrons. The first kappa shape index (κ1) is 29.1. The molecule has 14 heteroatoms. The van der Waals surface area contributed by atoms with Gasteiger partial charge in [0.2, 0.25) is 16.0 Å². The summed E-state index contributed by atoms with van der Waals surface area (Å²) in [4.78, 5) is 13.2. The maximum absolute atomic E-state index is 15.4. The number of anilines is 1. The number of benzene rings is 1. The summed E-state index contributed by atoms with van der Waals surface area (Å²) in [5.41, 5.74) is -0.0525. The average molecular weight is 597 g/mol. The Morgan fingerprint density at radius 3 is 2.55 bits per heavy atom. The fourth-order valence-corrected chi connectivity index (χ4v) is 7.13. The topological polar surface area (TPSA) is 143 Å². The molecule has 0 amide bonds. The molecule has 4 heterocycles. The molecule has 0 unspecified atom stereocenters. The third-order valence-electron chi connectivity index (χ3n) is 7.33. The number of hydrogen-bond donors (Lipinski definition) is 3. The van der Waals surface area contributed by atoms with Crippen LogP contribution in [0, 0.1) is 5.82 Å². The highest BCUT2D eigenvalue weighted by Gasteiger charge is 2.53. The Balaban J connectivity index is 1.49. The van der Waals surface area contributed by atoms with Gasteiger partial charge in [-0.3, -0.25) is 0 Å². The van der Waals surface area contributed by atoms with E-state index in [2.05, 4.69) is 20.3 Å². The number of hydrogen-bond acceptors (Lipinski definition) is 9. The Morgan fingerprint density at radius 2 is 1.93 bits per heavy atom. The maximum atomic E-state index is 15.4. The van der Waals surface area contributed by atoms with Crippen LogP contribution in [0.3, 0.4) is 0 Å². The number of aliphatic hydroxyl groups is 2. The molecule has 4 atom stereocenters. The largest absolute Gasteiger partial charge is 0.387 e. The fraction of sp³-hybridized carbons (Fsp3) is 0.577. The highest BCUT2D eigenvalue weighted by Crippen LogP contribution is 2.37. The minimum atomic E-state index is -3.64. The summed E-state index contributed by atoms with van der Waals surface area (Å²) < 4.78 is 49.8. The van der Waals surface area contributed by atoms with Gasteiger partial charge in [0, 0.05) is 11.6 Å². The number of rotatable bonds is 7. The van der Waals surface area contributed by atoms with E-state index in [1.165, 1.54) is 16.6 Å². The van der Waals surface area contributed by atoms with Gasteiger partial charge in [0.25, 0.3) is 0 Å². The van der Waals surface area contributed by atoms with Gasteiger partial charge in [-0.15, -0.1) is 0 Å². The van der Waals surface area contributed by atoms with Crippen molar-refractivity contribution in [1.29, 1.82) is 0 Å². The second kappa shape index (κ2) is 10.1. The van der Waals surface area contributed by atoms with E-state index < -0.39 is 51.1 Å². The third-order valence-corrected chi connectivity index (χ3v) is 9.90. The lowest BCUT2D eigenvalue weighted by Crippen LogP contribution is -2.59. The van der Waals surface area contributed by atoms with E-state index in [0.717, 1.165) is 0 Å². The standard InChI is InChI=1S/C26H34ClFN6O5S/c1-12(2)33-19-8-14(7-17(28)21(19)31-24(33)26(5,6)36)20-16(27)10-29-25(32-20)30-18-9-15-11-39-23(22(18)35)34(15)40(37,38)13(3)4/h7-8,10,12-13,15,18,22-23,35-36H,9,11H2,1-6H3,(H,29,30,32)/t15-,18+,22-,23-/m0/s1. The number of aliphatic hydroxyl groups excluding tert-OH is 1. The molecule has 11 nitrogen and oxygen atoms in total. The highest BCUT2D eigenvalue weighted by atomic mass is 35.5. The predicted octanol–water partition coefficient (Wildman–Crippen LogP) is 3.40. The molecule has 218 valence electrons. The van der Waals surface area contributed by atoms with E-state index >= 15 is 4.39 Å². The maximum Gasteiger partial charge on any atom is 0.223 e. The van der Waals surface area contributed by atoms with Crippen LogP contribution in [-0.4, -0.2) is 78.7 Å². The van der Waals surface area contributed by atoms with Crippen molar-refractivity contribution < 1.29 is 27.8 Å². The normalized spacial score (nSPS) is 24.0. The van der Waals surface area contributed by atoms with E-state index in [-0.39, 0.29) is 41.3 Å². The average Bonchev–Trinajstić information content (AvgIpc) is 3.43. The zero-order valence-electron chi connectivity index (χ0n) is 23.1. The van der Waals surface area contributed by atoms with E-state index in [0.29, 0.717) is 16.9 Å². The van der Waals surface area contributed by atoms with E-state index in [1.807, 2.05) is 13.8 Å². The van der Waals surface area contributed by atoms with E-state index in [1.54, 1.807) is 38.3 Å². The SMILES string of the molecule is CC(C)n1c(C(C)(C)O)nc2c(F)cc(-c3nc(N[C@@H]4C[C@H]5CO[C@@H]([C@H]4O)N5S(=O)(=O)C(C)C)ncc3Cl)cc21.